The van der Waals surface area contributed by atoms with E-state index in [-0.39, 0.29) is 5.91 Å². The molecule has 1 amide bonds. The predicted molar refractivity (Wildman–Crippen MR) is 61.5 cm³/mol. The molecule has 0 aromatic rings. The highest BCUT2D eigenvalue weighted by molar-refractivity contribution is 5.78. The van der Waals surface area contributed by atoms with Gasteiger partial charge in [0.1, 0.15) is 0 Å². The van der Waals surface area contributed by atoms with Crippen LogP contribution in [0.2, 0.25) is 0 Å². The van der Waals surface area contributed by atoms with Crippen LogP contribution in [-0.4, -0.2) is 43.2 Å². The van der Waals surface area contributed by atoms with Crippen molar-refractivity contribution in [2.24, 2.45) is 0 Å². The Morgan fingerprint density at radius 1 is 1.60 bits per heavy atom. The predicted octanol–water partition coefficient (Wildman–Crippen LogP) is 0.320. The van der Waals surface area contributed by atoms with Gasteiger partial charge in [0.05, 0.1) is 12.7 Å². The molecule has 4 nitrogen and oxygen atoms in total. The zero-order valence-corrected chi connectivity index (χ0v) is 9.62. The van der Waals surface area contributed by atoms with Gasteiger partial charge >= 0.3 is 0 Å². The highest BCUT2D eigenvalue weighted by Crippen LogP contribution is 2.00. The Bertz CT molecular complexity index is 228. The Balaban J connectivity index is 2.15. The van der Waals surface area contributed by atoms with Gasteiger partial charge in [0.25, 0.3) is 0 Å². The SMILES string of the molecule is CC/C=C/CNC(=O)CN1CCNC1C. The first-order valence-corrected chi connectivity index (χ1v) is 5.63. The van der Waals surface area contributed by atoms with Crippen molar-refractivity contribution in [2.75, 3.05) is 26.2 Å². The number of carbonyl (C=O) groups is 1. The van der Waals surface area contributed by atoms with E-state index in [0.29, 0.717) is 19.3 Å². The number of nitrogens with one attached hydrogen (secondary N) is 2. The third kappa shape index (κ3) is 4.44. The summed E-state index contributed by atoms with van der Waals surface area (Å²) in [6.07, 6.45) is 5.38. The van der Waals surface area contributed by atoms with E-state index in [2.05, 4.69) is 35.5 Å². The lowest BCUT2D eigenvalue weighted by Crippen LogP contribution is -2.41. The van der Waals surface area contributed by atoms with Gasteiger partial charge in [0, 0.05) is 19.6 Å². The van der Waals surface area contributed by atoms with E-state index in [1.165, 1.54) is 0 Å². The van der Waals surface area contributed by atoms with Crippen molar-refractivity contribution in [3.63, 3.8) is 0 Å². The zero-order valence-electron chi connectivity index (χ0n) is 9.62. The second-order valence-electron chi connectivity index (χ2n) is 3.78. The largest absolute Gasteiger partial charge is 0.352 e. The van der Waals surface area contributed by atoms with Gasteiger partial charge in [0.15, 0.2) is 0 Å². The fraction of sp³-hybridized carbons (Fsp3) is 0.727. The minimum absolute atomic E-state index is 0.103. The van der Waals surface area contributed by atoms with Gasteiger partial charge in [-0.1, -0.05) is 19.1 Å². The van der Waals surface area contributed by atoms with Gasteiger partial charge in [-0.15, -0.1) is 0 Å². The van der Waals surface area contributed by atoms with Crippen LogP contribution in [0.25, 0.3) is 0 Å². The topological polar surface area (TPSA) is 44.4 Å². The van der Waals surface area contributed by atoms with Gasteiger partial charge in [-0.05, 0) is 13.3 Å². The van der Waals surface area contributed by atoms with E-state index in [4.69, 9.17) is 0 Å². The average Bonchev–Trinajstić information content (AvgIpc) is 2.59. The van der Waals surface area contributed by atoms with E-state index >= 15 is 0 Å². The summed E-state index contributed by atoms with van der Waals surface area (Å²) in [4.78, 5) is 13.6. The standard InChI is InChI=1S/C11H21N3O/c1-3-4-5-6-13-11(15)9-14-8-7-12-10(14)2/h4-5,10,12H,3,6-9H2,1-2H3,(H,13,15)/b5-4+. The lowest BCUT2D eigenvalue weighted by Gasteiger charge is -2.19. The van der Waals surface area contributed by atoms with Crippen molar-refractivity contribution < 1.29 is 4.79 Å². The van der Waals surface area contributed by atoms with E-state index in [1.807, 2.05) is 6.08 Å². The Labute approximate surface area is 91.7 Å². The summed E-state index contributed by atoms with van der Waals surface area (Å²) in [6, 6.07) is 0. The number of hydrogen-bond donors (Lipinski definition) is 2. The molecular weight excluding hydrogens is 190 g/mol. The van der Waals surface area contributed by atoms with Crippen LogP contribution in [0.3, 0.4) is 0 Å². The fourth-order valence-corrected chi connectivity index (χ4v) is 1.62. The van der Waals surface area contributed by atoms with Crippen LogP contribution in [0.4, 0.5) is 0 Å². The monoisotopic (exact) mass is 211 g/mol. The molecule has 1 atom stereocenters. The number of amides is 1. The molecule has 0 bridgehead atoms. The van der Waals surface area contributed by atoms with Gasteiger partial charge in [-0.2, -0.15) is 0 Å². The van der Waals surface area contributed by atoms with E-state index < -0.39 is 0 Å². The Morgan fingerprint density at radius 3 is 3.00 bits per heavy atom. The molecule has 0 radical (unpaired) electrons. The van der Waals surface area contributed by atoms with Crippen LogP contribution in [-0.2, 0) is 4.79 Å². The summed E-state index contributed by atoms with van der Waals surface area (Å²) in [5, 5.41) is 6.15. The molecule has 0 saturated carbocycles. The van der Waals surface area contributed by atoms with Crippen molar-refractivity contribution in [1.29, 1.82) is 0 Å². The molecular formula is C11H21N3O. The molecule has 1 fully saturated rings. The number of hydrogen-bond acceptors (Lipinski definition) is 3. The van der Waals surface area contributed by atoms with Crippen LogP contribution in [0, 0.1) is 0 Å². The van der Waals surface area contributed by atoms with Crippen molar-refractivity contribution in [1.82, 2.24) is 15.5 Å². The molecule has 1 aliphatic heterocycles. The van der Waals surface area contributed by atoms with Gasteiger partial charge in [-0.3, -0.25) is 9.69 Å². The van der Waals surface area contributed by atoms with Crippen molar-refractivity contribution in [3.05, 3.63) is 12.2 Å². The molecule has 2 N–H and O–H groups in total. The minimum atomic E-state index is 0.103. The lowest BCUT2D eigenvalue weighted by atomic mass is 10.4. The Kier molecular flexibility index (Phi) is 5.36. The van der Waals surface area contributed by atoms with Crippen molar-refractivity contribution in [2.45, 2.75) is 26.4 Å². The van der Waals surface area contributed by atoms with Gasteiger partial charge in [-0.25, -0.2) is 0 Å². The first kappa shape index (κ1) is 12.2. The summed E-state index contributed by atoms with van der Waals surface area (Å²) in [5.41, 5.74) is 0. The van der Waals surface area contributed by atoms with Gasteiger partial charge in [0.2, 0.25) is 5.91 Å². The Hall–Kier alpha value is -0.870. The number of allylic oxidation sites excluding steroid dienone is 1. The molecule has 1 rings (SSSR count). The molecule has 1 saturated heterocycles. The fourth-order valence-electron chi connectivity index (χ4n) is 1.62. The molecule has 0 spiro atoms. The van der Waals surface area contributed by atoms with Crippen molar-refractivity contribution in [3.8, 4) is 0 Å². The summed E-state index contributed by atoms with van der Waals surface area (Å²) in [5.74, 6) is 0.103. The average molecular weight is 211 g/mol. The van der Waals surface area contributed by atoms with Crippen molar-refractivity contribution >= 4 is 5.91 Å². The summed E-state index contributed by atoms with van der Waals surface area (Å²) in [7, 11) is 0. The third-order valence-corrected chi connectivity index (χ3v) is 2.55. The second-order valence-corrected chi connectivity index (χ2v) is 3.78. The maximum atomic E-state index is 11.5. The molecule has 0 aliphatic carbocycles. The maximum absolute atomic E-state index is 11.5. The van der Waals surface area contributed by atoms with Gasteiger partial charge < -0.3 is 10.6 Å². The second kappa shape index (κ2) is 6.58. The number of nitrogens with zero attached hydrogens (tertiary/aromatic N) is 1. The molecule has 1 aliphatic rings. The number of carbonyl (C=O) groups excluding carboxylic acids is 1. The van der Waals surface area contributed by atoms with Crippen LogP contribution >= 0.6 is 0 Å². The normalized spacial score (nSPS) is 22.4. The number of rotatable bonds is 5. The molecule has 0 aromatic carbocycles. The first-order chi connectivity index (χ1) is 7.24. The summed E-state index contributed by atoms with van der Waals surface area (Å²) >= 11 is 0. The van der Waals surface area contributed by atoms with Crippen LogP contribution in [0.15, 0.2) is 12.2 Å². The maximum Gasteiger partial charge on any atom is 0.234 e. The third-order valence-electron chi connectivity index (χ3n) is 2.55. The van der Waals surface area contributed by atoms with E-state index in [0.717, 1.165) is 19.5 Å². The minimum Gasteiger partial charge on any atom is -0.352 e. The highest BCUT2D eigenvalue weighted by Gasteiger charge is 2.20. The smallest absolute Gasteiger partial charge is 0.234 e. The van der Waals surface area contributed by atoms with E-state index in [9.17, 15) is 4.79 Å². The lowest BCUT2D eigenvalue weighted by molar-refractivity contribution is -0.122. The molecule has 86 valence electrons. The molecule has 1 heterocycles. The highest BCUT2D eigenvalue weighted by atomic mass is 16.2. The molecule has 1 unspecified atom stereocenters. The molecule has 0 aromatic heterocycles. The quantitative estimate of drug-likeness (QED) is 0.644. The van der Waals surface area contributed by atoms with E-state index in [1.54, 1.807) is 0 Å². The molecule has 15 heavy (non-hydrogen) atoms. The van der Waals surface area contributed by atoms with Crippen LogP contribution < -0.4 is 10.6 Å². The summed E-state index contributed by atoms with van der Waals surface area (Å²) in [6.45, 7) is 7.23. The zero-order chi connectivity index (χ0) is 11.1. The van der Waals surface area contributed by atoms with Crippen LogP contribution in [0.1, 0.15) is 20.3 Å². The van der Waals surface area contributed by atoms with Crippen LogP contribution in [0.5, 0.6) is 0 Å². The Morgan fingerprint density at radius 2 is 2.40 bits per heavy atom. The molecule has 4 heteroatoms. The summed E-state index contributed by atoms with van der Waals surface area (Å²) < 4.78 is 0. The first-order valence-electron chi connectivity index (χ1n) is 5.63.